The van der Waals surface area contributed by atoms with Crippen LogP contribution in [0.4, 0.5) is 5.69 Å². The van der Waals surface area contributed by atoms with Crippen molar-refractivity contribution in [3.63, 3.8) is 0 Å². The van der Waals surface area contributed by atoms with Gasteiger partial charge < -0.3 is 24.3 Å². The highest BCUT2D eigenvalue weighted by atomic mass is 35.5. The van der Waals surface area contributed by atoms with Crippen molar-refractivity contribution in [2.45, 2.75) is 32.5 Å². The molecule has 0 saturated heterocycles. The molecule has 160 valence electrons. The van der Waals surface area contributed by atoms with Crippen molar-refractivity contribution in [3.05, 3.63) is 52.5 Å². The van der Waals surface area contributed by atoms with Crippen LogP contribution in [0.15, 0.2) is 36.4 Å². The molecule has 1 aliphatic heterocycles. The number of hydrogen-bond acceptors (Lipinski definition) is 6. The molecule has 2 aromatic rings. The van der Waals surface area contributed by atoms with E-state index in [0.717, 1.165) is 16.8 Å². The fourth-order valence-electron chi connectivity index (χ4n) is 3.36. The molecule has 0 amide bonds. The van der Waals surface area contributed by atoms with E-state index in [1.807, 2.05) is 37.3 Å². The molecule has 0 saturated carbocycles. The number of nitrogens with one attached hydrogen (secondary N) is 1. The summed E-state index contributed by atoms with van der Waals surface area (Å²) in [4.78, 5) is 12.5. The van der Waals surface area contributed by atoms with Crippen LogP contribution >= 0.6 is 23.8 Å². The minimum absolute atomic E-state index is 0.00857. The van der Waals surface area contributed by atoms with Gasteiger partial charge in [0.15, 0.2) is 11.5 Å². The zero-order valence-corrected chi connectivity index (χ0v) is 18.6. The van der Waals surface area contributed by atoms with Gasteiger partial charge in [-0.25, -0.2) is 0 Å². The van der Waals surface area contributed by atoms with Crippen molar-refractivity contribution >= 4 is 40.5 Å². The average molecular weight is 450 g/mol. The molecular formula is C22H24ClNO5S. The summed E-state index contributed by atoms with van der Waals surface area (Å²) in [5.41, 5.74) is 2.28. The Balaban J connectivity index is 2.10. The van der Waals surface area contributed by atoms with E-state index < -0.39 is 12.2 Å². The zero-order valence-electron chi connectivity index (χ0n) is 17.1. The Kier molecular flexibility index (Phi) is 7.53. The first-order chi connectivity index (χ1) is 14.5. The van der Waals surface area contributed by atoms with E-state index in [0.29, 0.717) is 28.1 Å². The molecule has 6 nitrogen and oxygen atoms in total. The average Bonchev–Trinajstić information content (AvgIpc) is 2.85. The monoisotopic (exact) mass is 449 g/mol. The molecule has 2 aromatic carbocycles. The number of carbonyl (C=O) groups excluding carboxylic acids is 1. The summed E-state index contributed by atoms with van der Waals surface area (Å²) in [6, 6.07) is 11.0. The van der Waals surface area contributed by atoms with E-state index in [1.165, 1.54) is 0 Å². The molecule has 1 aliphatic rings. The van der Waals surface area contributed by atoms with Crippen molar-refractivity contribution in [2.75, 3.05) is 25.6 Å². The second-order valence-electron chi connectivity index (χ2n) is 6.55. The third kappa shape index (κ3) is 4.86. The lowest BCUT2D eigenvalue weighted by Crippen LogP contribution is -2.31. The molecule has 1 N–H and O–H groups in total. The first-order valence-corrected chi connectivity index (χ1v) is 10.5. The molecular weight excluding hydrogens is 426 g/mol. The number of hydrogen-bond donors (Lipinski definition) is 1. The molecule has 30 heavy (non-hydrogen) atoms. The fraction of sp³-hybridized carbons (Fsp3) is 0.364. The normalized spacial score (nSPS) is 18.1. The number of fused-ring (bicyclic) bond motifs is 1. The minimum Gasteiger partial charge on any atom is -0.492 e. The minimum atomic E-state index is -0.685. The van der Waals surface area contributed by atoms with Gasteiger partial charge in [0.05, 0.1) is 26.7 Å². The van der Waals surface area contributed by atoms with Crippen LogP contribution in [0.2, 0.25) is 5.02 Å². The van der Waals surface area contributed by atoms with Crippen molar-refractivity contribution in [1.29, 1.82) is 0 Å². The Morgan fingerprint density at radius 2 is 2.00 bits per heavy atom. The van der Waals surface area contributed by atoms with Gasteiger partial charge in [-0.2, -0.15) is 0 Å². The number of para-hydroxylation sites is 1. The van der Waals surface area contributed by atoms with Crippen LogP contribution in [0.3, 0.4) is 0 Å². The maximum atomic E-state index is 12.1. The van der Waals surface area contributed by atoms with Crippen LogP contribution in [0.5, 0.6) is 11.5 Å². The standard InChI is InChI=1S/C22H24ClNO5S/c1-4-27-17-8-6-7-14(21(17)26-3)20-15-11-13(23)9-10-16(15)24-22(30)18(29-20)12-19(25)28-5-2/h6-11,18,20H,4-5,12H2,1-3H3,(H,24,30)/t18-,20-/m1/s1. The van der Waals surface area contributed by atoms with E-state index in [9.17, 15) is 4.79 Å². The Bertz CT molecular complexity index is 936. The van der Waals surface area contributed by atoms with Gasteiger partial charge in [0.1, 0.15) is 17.2 Å². The van der Waals surface area contributed by atoms with E-state index in [1.54, 1.807) is 20.1 Å². The predicted molar refractivity (Wildman–Crippen MR) is 120 cm³/mol. The molecule has 1 heterocycles. The molecule has 0 aliphatic carbocycles. The van der Waals surface area contributed by atoms with Crippen LogP contribution in [0.25, 0.3) is 0 Å². The van der Waals surface area contributed by atoms with Gasteiger partial charge in [-0.15, -0.1) is 0 Å². The number of rotatable bonds is 7. The van der Waals surface area contributed by atoms with Crippen LogP contribution < -0.4 is 14.8 Å². The number of anilines is 1. The number of halogens is 1. The molecule has 0 fully saturated rings. The van der Waals surface area contributed by atoms with Crippen molar-refractivity contribution in [2.24, 2.45) is 0 Å². The summed E-state index contributed by atoms with van der Waals surface area (Å²) < 4.78 is 22.9. The predicted octanol–water partition coefficient (Wildman–Crippen LogP) is 4.93. The van der Waals surface area contributed by atoms with E-state index >= 15 is 0 Å². The maximum Gasteiger partial charge on any atom is 0.308 e. The van der Waals surface area contributed by atoms with Crippen LogP contribution in [-0.2, 0) is 14.3 Å². The van der Waals surface area contributed by atoms with E-state index in [-0.39, 0.29) is 19.0 Å². The number of thiocarbonyl (C=S) groups is 1. The quantitative estimate of drug-likeness (QED) is 0.475. The highest BCUT2D eigenvalue weighted by molar-refractivity contribution is 7.80. The number of carbonyl (C=O) groups is 1. The van der Waals surface area contributed by atoms with Gasteiger partial charge in [-0.1, -0.05) is 36.0 Å². The smallest absolute Gasteiger partial charge is 0.308 e. The Morgan fingerprint density at radius 1 is 1.20 bits per heavy atom. The lowest BCUT2D eigenvalue weighted by Gasteiger charge is -2.24. The molecule has 8 heteroatoms. The Hall–Kier alpha value is -2.35. The summed E-state index contributed by atoms with van der Waals surface area (Å²) in [6.45, 7) is 4.44. The number of methoxy groups -OCH3 is 1. The fourth-order valence-corrected chi connectivity index (χ4v) is 3.79. The second-order valence-corrected chi connectivity index (χ2v) is 7.42. The van der Waals surface area contributed by atoms with Gasteiger partial charge in [0.25, 0.3) is 0 Å². The lowest BCUT2D eigenvalue weighted by atomic mass is 9.98. The molecule has 3 rings (SSSR count). The van der Waals surface area contributed by atoms with Gasteiger partial charge in [0.2, 0.25) is 0 Å². The largest absolute Gasteiger partial charge is 0.492 e. The number of benzene rings is 2. The molecule has 0 bridgehead atoms. The van der Waals surface area contributed by atoms with Crippen molar-refractivity contribution in [3.8, 4) is 11.5 Å². The third-order valence-corrected chi connectivity index (χ3v) is 5.20. The number of esters is 1. The Morgan fingerprint density at radius 3 is 2.70 bits per heavy atom. The van der Waals surface area contributed by atoms with Gasteiger partial charge in [0, 0.05) is 21.8 Å². The van der Waals surface area contributed by atoms with Crippen molar-refractivity contribution < 1.29 is 23.7 Å². The van der Waals surface area contributed by atoms with Crippen LogP contribution in [0, 0.1) is 0 Å². The molecule has 0 spiro atoms. The second kappa shape index (κ2) is 10.1. The van der Waals surface area contributed by atoms with Crippen LogP contribution in [-0.4, -0.2) is 37.4 Å². The topological polar surface area (TPSA) is 66.0 Å². The molecule has 0 aromatic heterocycles. The zero-order chi connectivity index (χ0) is 21.7. The lowest BCUT2D eigenvalue weighted by molar-refractivity contribution is -0.145. The van der Waals surface area contributed by atoms with Gasteiger partial charge in [-0.05, 0) is 38.1 Å². The third-order valence-electron chi connectivity index (χ3n) is 4.60. The highest BCUT2D eigenvalue weighted by Gasteiger charge is 2.33. The van der Waals surface area contributed by atoms with E-state index in [4.69, 9.17) is 42.8 Å². The first-order valence-electron chi connectivity index (χ1n) is 9.69. The first kappa shape index (κ1) is 22.3. The van der Waals surface area contributed by atoms with Gasteiger partial charge >= 0.3 is 5.97 Å². The highest BCUT2D eigenvalue weighted by Crippen LogP contribution is 2.44. The summed E-state index contributed by atoms with van der Waals surface area (Å²) >= 11 is 11.8. The van der Waals surface area contributed by atoms with E-state index in [2.05, 4.69) is 5.32 Å². The van der Waals surface area contributed by atoms with Crippen LogP contribution in [0.1, 0.15) is 37.5 Å². The number of ether oxygens (including phenoxy) is 4. The summed E-state index contributed by atoms with van der Waals surface area (Å²) in [5, 5.41) is 3.75. The summed E-state index contributed by atoms with van der Waals surface area (Å²) in [7, 11) is 1.58. The van der Waals surface area contributed by atoms with Crippen molar-refractivity contribution in [1.82, 2.24) is 0 Å². The summed E-state index contributed by atoms with van der Waals surface area (Å²) in [5.74, 6) is 0.772. The van der Waals surface area contributed by atoms with Gasteiger partial charge in [-0.3, -0.25) is 4.79 Å². The molecule has 0 radical (unpaired) electrons. The molecule has 2 atom stereocenters. The summed E-state index contributed by atoms with van der Waals surface area (Å²) in [6.07, 6.45) is -1.29. The Labute approximate surface area is 186 Å². The maximum absolute atomic E-state index is 12.1. The SMILES string of the molecule is CCOC(=O)C[C@H]1O[C@H](c2cccc(OCC)c2OC)c2cc(Cl)ccc2NC1=S. The molecule has 0 unspecified atom stereocenters.